The first-order valence-electron chi connectivity index (χ1n) is 4.90. The molecule has 1 N–H and O–H groups in total. The van der Waals surface area contributed by atoms with Gasteiger partial charge in [-0.2, -0.15) is 0 Å². The molecule has 0 amide bonds. The van der Waals surface area contributed by atoms with Crippen molar-refractivity contribution in [2.24, 2.45) is 7.05 Å². The number of nitrogens with zero attached hydrogens (tertiary/aromatic N) is 2. The highest BCUT2D eigenvalue weighted by Crippen LogP contribution is 2.35. The summed E-state index contributed by atoms with van der Waals surface area (Å²) < 4.78 is 1.96. The van der Waals surface area contributed by atoms with Crippen molar-refractivity contribution < 1.29 is 9.90 Å². The summed E-state index contributed by atoms with van der Waals surface area (Å²) in [6.45, 7) is 0. The zero-order valence-corrected chi connectivity index (χ0v) is 8.23. The molecule has 0 bridgehead atoms. The van der Waals surface area contributed by atoms with Crippen LogP contribution < -0.4 is 0 Å². The Bertz CT molecular complexity index is 353. The van der Waals surface area contributed by atoms with Crippen molar-refractivity contribution in [1.82, 2.24) is 9.55 Å². The molecule has 0 atom stereocenters. The average Bonchev–Trinajstić information content (AvgIpc) is 2.27. The van der Waals surface area contributed by atoms with Crippen LogP contribution in [-0.4, -0.2) is 20.6 Å². The molecule has 1 heterocycles. The van der Waals surface area contributed by atoms with Crippen LogP contribution in [0.5, 0.6) is 0 Å². The quantitative estimate of drug-likeness (QED) is 0.789. The Morgan fingerprint density at radius 3 is 2.93 bits per heavy atom. The third-order valence-corrected chi connectivity index (χ3v) is 2.76. The fourth-order valence-corrected chi connectivity index (χ4v) is 1.83. The van der Waals surface area contributed by atoms with Crippen LogP contribution in [-0.2, 0) is 18.3 Å². The van der Waals surface area contributed by atoms with E-state index in [0.717, 1.165) is 5.82 Å². The third-order valence-electron chi connectivity index (χ3n) is 2.76. The first-order valence-corrected chi connectivity index (χ1v) is 4.90. The van der Waals surface area contributed by atoms with Gasteiger partial charge in [-0.15, -0.1) is 0 Å². The van der Waals surface area contributed by atoms with Crippen molar-refractivity contribution in [3.63, 3.8) is 0 Å². The molecule has 0 aromatic carbocycles. The number of carboxylic acids is 1. The Kier molecular flexibility index (Phi) is 2.27. The molecule has 2 rings (SSSR count). The Hall–Kier alpha value is -1.32. The van der Waals surface area contributed by atoms with Crippen molar-refractivity contribution in [2.75, 3.05) is 0 Å². The normalized spacial score (nSPS) is 16.6. The van der Waals surface area contributed by atoms with Gasteiger partial charge in [-0.25, -0.2) is 4.98 Å². The van der Waals surface area contributed by atoms with Gasteiger partial charge in [0.15, 0.2) is 0 Å². The largest absolute Gasteiger partial charge is 0.481 e. The lowest BCUT2D eigenvalue weighted by molar-refractivity contribution is -0.136. The number of hydrogen-bond donors (Lipinski definition) is 1. The summed E-state index contributed by atoms with van der Waals surface area (Å²) in [5.41, 5.74) is 0.668. The van der Waals surface area contributed by atoms with Crippen LogP contribution in [0.4, 0.5) is 0 Å². The lowest BCUT2D eigenvalue weighted by Gasteiger charge is -2.24. The molecule has 0 aliphatic heterocycles. The van der Waals surface area contributed by atoms with E-state index in [0.29, 0.717) is 11.6 Å². The Balaban J connectivity index is 2.16. The fourth-order valence-electron chi connectivity index (χ4n) is 1.83. The van der Waals surface area contributed by atoms with Crippen LogP contribution in [0.15, 0.2) is 6.20 Å². The molecule has 0 radical (unpaired) electrons. The van der Waals surface area contributed by atoms with E-state index in [1.165, 1.54) is 19.3 Å². The van der Waals surface area contributed by atoms with Crippen molar-refractivity contribution in [3.8, 4) is 0 Å². The Labute approximate surface area is 82.6 Å². The SMILES string of the molecule is Cn1cc(CC(=O)O)nc1C1CCC1. The standard InChI is InChI=1S/C10H14N2O2/c1-12-6-8(5-9(13)14)11-10(12)7-3-2-4-7/h6-7H,2-5H2,1H3,(H,13,14). The van der Waals surface area contributed by atoms with Crippen LogP contribution in [0.1, 0.15) is 36.7 Å². The fraction of sp³-hybridized carbons (Fsp3) is 0.600. The first-order chi connectivity index (χ1) is 6.66. The van der Waals surface area contributed by atoms with E-state index in [2.05, 4.69) is 4.98 Å². The number of hydrogen-bond acceptors (Lipinski definition) is 2. The molecule has 1 saturated carbocycles. The zero-order chi connectivity index (χ0) is 10.1. The second-order valence-electron chi connectivity index (χ2n) is 3.90. The van der Waals surface area contributed by atoms with Gasteiger partial charge in [-0.3, -0.25) is 4.79 Å². The Morgan fingerprint density at radius 1 is 1.71 bits per heavy atom. The third kappa shape index (κ3) is 1.64. The van der Waals surface area contributed by atoms with E-state index in [1.807, 2.05) is 17.8 Å². The maximum absolute atomic E-state index is 10.5. The average molecular weight is 194 g/mol. The molecule has 0 saturated heterocycles. The highest BCUT2D eigenvalue weighted by Gasteiger charge is 2.24. The van der Waals surface area contributed by atoms with Gasteiger partial charge in [0.25, 0.3) is 0 Å². The van der Waals surface area contributed by atoms with Crippen LogP contribution >= 0.6 is 0 Å². The van der Waals surface area contributed by atoms with Crippen LogP contribution in [0.2, 0.25) is 0 Å². The molecule has 0 unspecified atom stereocenters. The molecule has 1 aromatic heterocycles. The molecule has 4 heteroatoms. The molecule has 1 aliphatic carbocycles. The van der Waals surface area contributed by atoms with Crippen molar-refractivity contribution in [1.29, 1.82) is 0 Å². The summed E-state index contributed by atoms with van der Waals surface area (Å²) >= 11 is 0. The smallest absolute Gasteiger partial charge is 0.309 e. The van der Waals surface area contributed by atoms with Gasteiger partial charge in [-0.1, -0.05) is 6.42 Å². The maximum atomic E-state index is 10.5. The van der Waals surface area contributed by atoms with E-state index >= 15 is 0 Å². The number of carboxylic acid groups (broad SMARTS) is 1. The van der Waals surface area contributed by atoms with Gasteiger partial charge in [0, 0.05) is 19.2 Å². The molecule has 1 aromatic rings. The van der Waals surface area contributed by atoms with Crippen molar-refractivity contribution in [2.45, 2.75) is 31.6 Å². The Morgan fingerprint density at radius 2 is 2.43 bits per heavy atom. The molecule has 1 aliphatic rings. The maximum Gasteiger partial charge on any atom is 0.309 e. The predicted molar refractivity (Wildman–Crippen MR) is 51.1 cm³/mol. The first kappa shape index (κ1) is 9.24. The summed E-state index contributed by atoms with van der Waals surface area (Å²) in [5.74, 6) is 0.790. The van der Waals surface area contributed by atoms with Crippen molar-refractivity contribution in [3.05, 3.63) is 17.7 Å². The van der Waals surface area contributed by atoms with Gasteiger partial charge in [0.05, 0.1) is 12.1 Å². The van der Waals surface area contributed by atoms with Crippen LogP contribution in [0.25, 0.3) is 0 Å². The second kappa shape index (κ2) is 3.44. The van der Waals surface area contributed by atoms with Crippen LogP contribution in [0.3, 0.4) is 0 Å². The summed E-state index contributed by atoms with van der Waals surface area (Å²) in [7, 11) is 1.94. The topological polar surface area (TPSA) is 55.1 Å². The zero-order valence-electron chi connectivity index (χ0n) is 8.23. The van der Waals surface area contributed by atoms with Gasteiger partial charge < -0.3 is 9.67 Å². The minimum Gasteiger partial charge on any atom is -0.481 e. The molecular weight excluding hydrogens is 180 g/mol. The molecule has 14 heavy (non-hydrogen) atoms. The minimum absolute atomic E-state index is 0.0283. The number of aryl methyl sites for hydroxylation is 1. The van der Waals surface area contributed by atoms with E-state index in [-0.39, 0.29) is 6.42 Å². The number of aliphatic carboxylic acids is 1. The highest BCUT2D eigenvalue weighted by atomic mass is 16.4. The monoisotopic (exact) mass is 194 g/mol. The number of carbonyl (C=O) groups is 1. The van der Waals surface area contributed by atoms with Gasteiger partial charge in [0.2, 0.25) is 0 Å². The van der Waals surface area contributed by atoms with E-state index in [9.17, 15) is 4.79 Å². The van der Waals surface area contributed by atoms with E-state index in [4.69, 9.17) is 5.11 Å². The lowest BCUT2D eigenvalue weighted by atomic mass is 9.85. The second-order valence-corrected chi connectivity index (χ2v) is 3.90. The molecule has 4 nitrogen and oxygen atoms in total. The highest BCUT2D eigenvalue weighted by molar-refractivity contribution is 5.69. The van der Waals surface area contributed by atoms with Gasteiger partial charge in [-0.05, 0) is 12.8 Å². The van der Waals surface area contributed by atoms with Gasteiger partial charge in [0.1, 0.15) is 5.82 Å². The van der Waals surface area contributed by atoms with E-state index in [1.54, 1.807) is 0 Å². The van der Waals surface area contributed by atoms with Crippen molar-refractivity contribution >= 4 is 5.97 Å². The summed E-state index contributed by atoms with van der Waals surface area (Å²) in [6, 6.07) is 0. The number of rotatable bonds is 3. The molecule has 76 valence electrons. The number of aromatic nitrogens is 2. The molecule has 0 spiro atoms. The number of imidazole rings is 1. The summed E-state index contributed by atoms with van der Waals surface area (Å²) in [4.78, 5) is 14.8. The van der Waals surface area contributed by atoms with Crippen LogP contribution in [0, 0.1) is 0 Å². The molecular formula is C10H14N2O2. The summed E-state index contributed by atoms with van der Waals surface area (Å²) in [6.07, 6.45) is 5.50. The molecule has 1 fully saturated rings. The minimum atomic E-state index is -0.816. The predicted octanol–water partition coefficient (Wildman–Crippen LogP) is 1.31. The lowest BCUT2D eigenvalue weighted by Crippen LogP contribution is -2.13. The van der Waals surface area contributed by atoms with Gasteiger partial charge >= 0.3 is 5.97 Å². The van der Waals surface area contributed by atoms with E-state index < -0.39 is 5.97 Å². The summed E-state index contributed by atoms with van der Waals surface area (Å²) in [5, 5.41) is 8.63.